The summed E-state index contributed by atoms with van der Waals surface area (Å²) in [6.07, 6.45) is 0.951. The van der Waals surface area contributed by atoms with Crippen LogP contribution in [0.2, 0.25) is 0 Å². The number of hydrogen-bond acceptors (Lipinski definition) is 8. The van der Waals surface area contributed by atoms with Gasteiger partial charge in [0.2, 0.25) is 23.6 Å². The van der Waals surface area contributed by atoms with Crippen LogP contribution in [0.4, 0.5) is 0 Å². The van der Waals surface area contributed by atoms with E-state index in [-0.39, 0.29) is 56.9 Å². The minimum atomic E-state index is -1.26. The number of nitrogens with zero attached hydrogens (tertiary/aromatic N) is 2. The molecule has 0 radical (unpaired) electrons. The van der Waals surface area contributed by atoms with Crippen molar-refractivity contribution < 1.29 is 34.2 Å². The van der Waals surface area contributed by atoms with Gasteiger partial charge in [0.15, 0.2) is 5.96 Å². The number of hydrogen-bond donors (Lipinski definition) is 8. The van der Waals surface area contributed by atoms with E-state index in [1.165, 1.54) is 12.1 Å². The first-order chi connectivity index (χ1) is 18.9. The summed E-state index contributed by atoms with van der Waals surface area (Å²) < 4.78 is 0. The lowest BCUT2D eigenvalue weighted by molar-refractivity contribution is -0.149. The fourth-order valence-corrected chi connectivity index (χ4v) is 4.31. The van der Waals surface area contributed by atoms with Crippen LogP contribution in [0.3, 0.4) is 0 Å². The summed E-state index contributed by atoms with van der Waals surface area (Å²) in [5.41, 5.74) is 22.4. The number of nitrogens with two attached hydrogens (primary N) is 4. The zero-order valence-electron chi connectivity index (χ0n) is 22.1. The van der Waals surface area contributed by atoms with Crippen LogP contribution in [0.25, 0.3) is 0 Å². The van der Waals surface area contributed by atoms with Gasteiger partial charge in [-0.1, -0.05) is 12.1 Å². The van der Waals surface area contributed by atoms with Crippen LogP contribution in [-0.2, 0) is 30.4 Å². The van der Waals surface area contributed by atoms with Crippen LogP contribution >= 0.6 is 0 Å². The highest BCUT2D eigenvalue weighted by Gasteiger charge is 2.38. The van der Waals surface area contributed by atoms with E-state index in [9.17, 15) is 34.2 Å². The fraction of sp³-hybridized carbons (Fsp3) is 0.520. The Bertz CT molecular complexity index is 1090. The number of aromatic hydroxyl groups is 1. The number of guanidine groups is 1. The quantitative estimate of drug-likeness (QED) is 0.0639. The first kappa shape index (κ1) is 31.8. The largest absolute Gasteiger partial charge is 0.508 e. The van der Waals surface area contributed by atoms with E-state index in [1.807, 2.05) is 0 Å². The third-order valence-electron chi connectivity index (χ3n) is 6.43. The molecule has 1 aliphatic heterocycles. The standard InChI is InChI=1S/C25H38N8O7/c26-16(3-1-11-30-25(28)29)21(36)32-18(13-14-5-7-15(34)8-6-14)22(37)31-17(9-10-20(27)35)23(38)33-12-2-4-19(33)24(39)40/h5-8,16-19,34H,1-4,9-13,26H2,(H2,27,35)(H,31,37)(H,32,36)(H,39,40)(H4,28,29,30). The molecule has 1 aromatic carbocycles. The molecule has 15 nitrogen and oxygen atoms in total. The molecule has 0 aliphatic carbocycles. The monoisotopic (exact) mass is 562 g/mol. The zero-order chi connectivity index (χ0) is 29.8. The molecule has 0 aromatic heterocycles. The van der Waals surface area contributed by atoms with E-state index < -0.39 is 53.8 Å². The van der Waals surface area contributed by atoms with Gasteiger partial charge in [0.1, 0.15) is 23.9 Å². The minimum Gasteiger partial charge on any atom is -0.508 e. The number of amides is 4. The molecule has 40 heavy (non-hydrogen) atoms. The highest BCUT2D eigenvalue weighted by Crippen LogP contribution is 2.20. The lowest BCUT2D eigenvalue weighted by atomic mass is 10.0. The Morgan fingerprint density at radius 3 is 2.25 bits per heavy atom. The summed E-state index contributed by atoms with van der Waals surface area (Å²) in [4.78, 5) is 67.6. The van der Waals surface area contributed by atoms with Crippen molar-refractivity contribution in [2.75, 3.05) is 13.1 Å². The van der Waals surface area contributed by atoms with Crippen LogP contribution in [0.15, 0.2) is 29.3 Å². The Kier molecular flexibility index (Phi) is 12.1. The molecule has 0 bridgehead atoms. The number of aliphatic carboxylic acids is 1. The number of nitrogens with one attached hydrogen (secondary N) is 2. The minimum absolute atomic E-state index is 0.00675. The number of carbonyl (C=O) groups is 5. The van der Waals surface area contributed by atoms with Crippen LogP contribution in [0.5, 0.6) is 5.75 Å². The molecule has 4 amide bonds. The van der Waals surface area contributed by atoms with E-state index in [4.69, 9.17) is 22.9 Å². The third-order valence-corrected chi connectivity index (χ3v) is 6.43. The number of likely N-dealkylation sites (tertiary alicyclic amines) is 1. The average molecular weight is 563 g/mol. The van der Waals surface area contributed by atoms with Gasteiger partial charge >= 0.3 is 5.97 Å². The Morgan fingerprint density at radius 1 is 1.00 bits per heavy atom. The fourth-order valence-electron chi connectivity index (χ4n) is 4.31. The van der Waals surface area contributed by atoms with Gasteiger partial charge in [-0.05, 0) is 49.8 Å². The smallest absolute Gasteiger partial charge is 0.326 e. The molecule has 220 valence electrons. The number of benzene rings is 1. The van der Waals surface area contributed by atoms with Crippen molar-refractivity contribution in [2.45, 2.75) is 69.1 Å². The number of primary amides is 1. The topological polar surface area (TPSA) is 270 Å². The summed E-state index contributed by atoms with van der Waals surface area (Å²) in [5.74, 6) is -4.00. The van der Waals surface area contributed by atoms with Gasteiger partial charge in [0.25, 0.3) is 0 Å². The van der Waals surface area contributed by atoms with Gasteiger partial charge in [-0.2, -0.15) is 0 Å². The molecule has 1 aromatic rings. The molecule has 1 aliphatic rings. The number of carbonyl (C=O) groups excluding carboxylic acids is 4. The van der Waals surface area contributed by atoms with Gasteiger partial charge in [-0.25, -0.2) is 4.79 Å². The molecule has 0 spiro atoms. The van der Waals surface area contributed by atoms with E-state index in [1.54, 1.807) is 12.1 Å². The first-order valence-electron chi connectivity index (χ1n) is 12.9. The van der Waals surface area contributed by atoms with Crippen molar-refractivity contribution in [3.05, 3.63) is 29.8 Å². The Hall–Kier alpha value is -4.40. The van der Waals surface area contributed by atoms with Crippen molar-refractivity contribution in [1.82, 2.24) is 15.5 Å². The third kappa shape index (κ3) is 10.1. The molecule has 15 heteroatoms. The van der Waals surface area contributed by atoms with Crippen molar-refractivity contribution in [3.8, 4) is 5.75 Å². The number of phenolic OH excluding ortho intramolecular Hbond substituents is 1. The molecule has 1 fully saturated rings. The lowest BCUT2D eigenvalue weighted by Gasteiger charge is -2.29. The number of aliphatic imine (C=N–C) groups is 1. The molecule has 2 rings (SSSR count). The Labute approximate surface area is 231 Å². The summed E-state index contributed by atoms with van der Waals surface area (Å²) in [6, 6.07) is 1.47. The zero-order valence-corrected chi connectivity index (χ0v) is 22.1. The van der Waals surface area contributed by atoms with Crippen molar-refractivity contribution in [2.24, 2.45) is 27.9 Å². The predicted molar refractivity (Wildman–Crippen MR) is 144 cm³/mol. The van der Waals surface area contributed by atoms with Gasteiger partial charge in [0, 0.05) is 25.9 Å². The molecular formula is C25H38N8O7. The second-order valence-corrected chi connectivity index (χ2v) is 9.58. The summed E-state index contributed by atoms with van der Waals surface area (Å²) in [7, 11) is 0. The van der Waals surface area contributed by atoms with Crippen LogP contribution < -0.4 is 33.6 Å². The summed E-state index contributed by atoms with van der Waals surface area (Å²) >= 11 is 0. The second-order valence-electron chi connectivity index (χ2n) is 9.58. The maximum Gasteiger partial charge on any atom is 0.326 e. The van der Waals surface area contributed by atoms with Crippen molar-refractivity contribution >= 4 is 35.6 Å². The molecule has 12 N–H and O–H groups in total. The highest BCUT2D eigenvalue weighted by molar-refractivity contribution is 5.94. The Balaban J connectivity index is 2.22. The van der Waals surface area contributed by atoms with Crippen LogP contribution in [-0.4, -0.2) is 87.9 Å². The van der Waals surface area contributed by atoms with Crippen LogP contribution in [0, 0.1) is 0 Å². The summed E-state index contributed by atoms with van der Waals surface area (Å²) in [5, 5.41) is 24.2. The molecule has 1 heterocycles. The maximum atomic E-state index is 13.4. The normalized spacial score (nSPS) is 16.8. The Morgan fingerprint density at radius 2 is 1.65 bits per heavy atom. The second kappa shape index (κ2) is 15.3. The highest BCUT2D eigenvalue weighted by atomic mass is 16.4. The number of rotatable bonds is 15. The molecule has 4 atom stereocenters. The molecule has 1 saturated heterocycles. The average Bonchev–Trinajstić information content (AvgIpc) is 3.39. The first-order valence-corrected chi connectivity index (χ1v) is 12.9. The van der Waals surface area contributed by atoms with E-state index >= 15 is 0 Å². The molecule has 0 saturated carbocycles. The molecular weight excluding hydrogens is 524 g/mol. The predicted octanol–water partition coefficient (Wildman–Crippen LogP) is -2.37. The summed E-state index contributed by atoms with van der Waals surface area (Å²) in [6.45, 7) is 0.444. The van der Waals surface area contributed by atoms with Crippen LogP contribution in [0.1, 0.15) is 44.1 Å². The molecule has 4 unspecified atom stereocenters. The number of phenols is 1. The SMILES string of the molecule is NC(=O)CCC(NC(=O)C(Cc1ccc(O)cc1)NC(=O)C(N)CCCN=C(N)N)C(=O)N1CCCC1C(=O)O. The number of carboxylic acid groups (broad SMARTS) is 1. The number of carboxylic acids is 1. The van der Waals surface area contributed by atoms with Gasteiger partial charge in [-0.15, -0.1) is 0 Å². The van der Waals surface area contributed by atoms with Crippen molar-refractivity contribution in [3.63, 3.8) is 0 Å². The maximum absolute atomic E-state index is 13.4. The van der Waals surface area contributed by atoms with Gasteiger partial charge in [-0.3, -0.25) is 24.2 Å². The van der Waals surface area contributed by atoms with Crippen molar-refractivity contribution in [1.29, 1.82) is 0 Å². The van der Waals surface area contributed by atoms with Gasteiger partial charge < -0.3 is 48.7 Å². The van der Waals surface area contributed by atoms with E-state index in [0.717, 1.165) is 4.90 Å². The van der Waals surface area contributed by atoms with E-state index in [0.29, 0.717) is 18.4 Å². The lowest BCUT2D eigenvalue weighted by Crippen LogP contribution is -2.57. The van der Waals surface area contributed by atoms with E-state index in [2.05, 4.69) is 15.6 Å². The van der Waals surface area contributed by atoms with Gasteiger partial charge in [0.05, 0.1) is 6.04 Å².